The maximum atomic E-state index is 5.35. The van der Waals surface area contributed by atoms with E-state index in [9.17, 15) is 0 Å². The molecule has 0 bridgehead atoms. The van der Waals surface area contributed by atoms with Gasteiger partial charge in [0.15, 0.2) is 5.82 Å². The van der Waals surface area contributed by atoms with Crippen molar-refractivity contribution in [2.45, 2.75) is 19.5 Å². The van der Waals surface area contributed by atoms with E-state index in [0.717, 1.165) is 5.82 Å². The minimum absolute atomic E-state index is 0.133. The predicted octanol–water partition coefficient (Wildman–Crippen LogP) is -0.384. The molecule has 1 heterocycles. The van der Waals surface area contributed by atoms with Crippen molar-refractivity contribution in [1.29, 1.82) is 0 Å². The maximum absolute atomic E-state index is 5.35. The van der Waals surface area contributed by atoms with E-state index in [-0.39, 0.29) is 6.04 Å². The lowest BCUT2D eigenvalue weighted by atomic mass is 10.3. The summed E-state index contributed by atoms with van der Waals surface area (Å²) in [5.74, 6) is 0.817. The van der Waals surface area contributed by atoms with Gasteiger partial charge in [-0.15, -0.1) is 5.10 Å². The van der Waals surface area contributed by atoms with E-state index in [0.29, 0.717) is 26.4 Å². The number of hydrogen-bond donors (Lipinski definition) is 1. The molecule has 0 saturated heterocycles. The van der Waals surface area contributed by atoms with Crippen LogP contribution in [0.3, 0.4) is 0 Å². The van der Waals surface area contributed by atoms with Crippen LogP contribution in [0, 0.1) is 0 Å². The topological polar surface area (TPSA) is 74.1 Å². The van der Waals surface area contributed by atoms with Crippen molar-refractivity contribution in [1.82, 2.24) is 25.5 Å². The molecule has 0 aliphatic carbocycles. The average Bonchev–Trinajstić information content (AvgIpc) is 2.76. The van der Waals surface area contributed by atoms with Gasteiger partial charge in [-0.3, -0.25) is 0 Å². The highest BCUT2D eigenvalue weighted by atomic mass is 16.5. The first-order valence-electron chi connectivity index (χ1n) is 5.29. The van der Waals surface area contributed by atoms with Gasteiger partial charge >= 0.3 is 0 Å². The molecule has 7 heteroatoms. The van der Waals surface area contributed by atoms with Crippen molar-refractivity contribution >= 4 is 0 Å². The van der Waals surface area contributed by atoms with Gasteiger partial charge in [-0.05, 0) is 24.4 Å². The molecule has 0 aliphatic rings. The molecule has 1 aromatic rings. The second-order valence-corrected chi connectivity index (χ2v) is 3.38. The van der Waals surface area contributed by atoms with E-state index < -0.39 is 0 Å². The van der Waals surface area contributed by atoms with Crippen molar-refractivity contribution in [3.63, 3.8) is 0 Å². The lowest BCUT2D eigenvalue weighted by Crippen LogP contribution is -2.20. The molecule has 1 rings (SSSR count). The standard InChI is InChI=1S/C9H19N5O2/c1-8(10-2)9-11-12-13-14(9)4-5-16-7-6-15-3/h8,10H,4-7H2,1-3H3. The Balaban J connectivity index is 2.33. The largest absolute Gasteiger partial charge is 0.382 e. The molecule has 7 nitrogen and oxygen atoms in total. The van der Waals surface area contributed by atoms with Crippen molar-refractivity contribution in [2.75, 3.05) is 34.0 Å². The van der Waals surface area contributed by atoms with E-state index >= 15 is 0 Å². The minimum Gasteiger partial charge on any atom is -0.382 e. The molecule has 0 aliphatic heterocycles. The van der Waals surface area contributed by atoms with Crippen LogP contribution in [0.4, 0.5) is 0 Å². The Bertz CT molecular complexity index is 291. The fourth-order valence-corrected chi connectivity index (χ4v) is 1.21. The molecule has 92 valence electrons. The van der Waals surface area contributed by atoms with Gasteiger partial charge in [-0.2, -0.15) is 0 Å². The molecule has 1 N–H and O–H groups in total. The van der Waals surface area contributed by atoms with E-state index in [1.165, 1.54) is 0 Å². The first-order valence-corrected chi connectivity index (χ1v) is 5.29. The van der Waals surface area contributed by atoms with Crippen LogP contribution in [-0.2, 0) is 16.0 Å². The van der Waals surface area contributed by atoms with E-state index in [1.54, 1.807) is 11.8 Å². The summed E-state index contributed by atoms with van der Waals surface area (Å²) in [6.07, 6.45) is 0. The highest BCUT2D eigenvalue weighted by Gasteiger charge is 2.11. The molecular weight excluding hydrogens is 210 g/mol. The van der Waals surface area contributed by atoms with Crippen molar-refractivity contribution in [3.05, 3.63) is 5.82 Å². The fourth-order valence-electron chi connectivity index (χ4n) is 1.21. The van der Waals surface area contributed by atoms with Gasteiger partial charge in [-0.25, -0.2) is 4.68 Å². The number of tetrazole rings is 1. The monoisotopic (exact) mass is 229 g/mol. The Morgan fingerprint density at radius 3 is 2.88 bits per heavy atom. The van der Waals surface area contributed by atoms with Crippen LogP contribution in [0.5, 0.6) is 0 Å². The zero-order valence-electron chi connectivity index (χ0n) is 10.0. The molecule has 1 unspecified atom stereocenters. The maximum Gasteiger partial charge on any atom is 0.168 e. The Hall–Kier alpha value is -1.05. The Morgan fingerprint density at radius 2 is 2.19 bits per heavy atom. The van der Waals surface area contributed by atoms with Crippen LogP contribution in [0.2, 0.25) is 0 Å². The van der Waals surface area contributed by atoms with Gasteiger partial charge in [0.25, 0.3) is 0 Å². The Morgan fingerprint density at radius 1 is 1.38 bits per heavy atom. The third kappa shape index (κ3) is 3.84. The summed E-state index contributed by atoms with van der Waals surface area (Å²) in [5, 5.41) is 14.6. The molecule has 0 aromatic carbocycles. The number of methoxy groups -OCH3 is 1. The van der Waals surface area contributed by atoms with Gasteiger partial charge in [0.2, 0.25) is 0 Å². The molecule has 1 aromatic heterocycles. The van der Waals surface area contributed by atoms with Crippen molar-refractivity contribution < 1.29 is 9.47 Å². The Kier molecular flexibility index (Phi) is 5.91. The van der Waals surface area contributed by atoms with Crippen LogP contribution >= 0.6 is 0 Å². The normalized spacial score (nSPS) is 12.9. The summed E-state index contributed by atoms with van der Waals surface area (Å²) in [4.78, 5) is 0. The van der Waals surface area contributed by atoms with Crippen molar-refractivity contribution in [2.24, 2.45) is 0 Å². The number of rotatable bonds is 8. The third-order valence-corrected chi connectivity index (χ3v) is 2.26. The molecule has 0 spiro atoms. The van der Waals surface area contributed by atoms with Gasteiger partial charge in [0, 0.05) is 7.11 Å². The summed E-state index contributed by atoms with van der Waals surface area (Å²) in [5.41, 5.74) is 0. The summed E-state index contributed by atoms with van der Waals surface area (Å²) in [6.45, 7) is 4.44. The van der Waals surface area contributed by atoms with Crippen LogP contribution in [0.1, 0.15) is 18.8 Å². The van der Waals surface area contributed by atoms with E-state index in [1.807, 2.05) is 14.0 Å². The quantitative estimate of drug-likeness (QED) is 0.612. The first kappa shape index (κ1) is 13.0. The molecule has 0 amide bonds. The predicted molar refractivity (Wildman–Crippen MR) is 58.0 cm³/mol. The number of ether oxygens (including phenoxy) is 2. The van der Waals surface area contributed by atoms with Crippen LogP contribution in [-0.4, -0.2) is 54.2 Å². The fraction of sp³-hybridized carbons (Fsp3) is 0.889. The van der Waals surface area contributed by atoms with E-state index in [4.69, 9.17) is 9.47 Å². The minimum atomic E-state index is 0.133. The summed E-state index contributed by atoms with van der Waals surface area (Å²) < 4.78 is 12.0. The molecule has 0 radical (unpaired) electrons. The number of aromatic nitrogens is 4. The van der Waals surface area contributed by atoms with Crippen molar-refractivity contribution in [3.8, 4) is 0 Å². The van der Waals surface area contributed by atoms with Crippen LogP contribution < -0.4 is 5.32 Å². The van der Waals surface area contributed by atoms with E-state index in [2.05, 4.69) is 20.8 Å². The van der Waals surface area contributed by atoms with Gasteiger partial charge in [0.1, 0.15) is 0 Å². The highest BCUT2D eigenvalue weighted by molar-refractivity contribution is 4.88. The molecule has 1 atom stereocenters. The zero-order valence-corrected chi connectivity index (χ0v) is 10.0. The zero-order chi connectivity index (χ0) is 11.8. The van der Waals surface area contributed by atoms with Gasteiger partial charge < -0.3 is 14.8 Å². The number of nitrogens with one attached hydrogen (secondary N) is 1. The summed E-state index contributed by atoms with van der Waals surface area (Å²) in [6, 6.07) is 0.133. The second kappa shape index (κ2) is 7.26. The Labute approximate surface area is 95.1 Å². The molecule has 0 fully saturated rings. The first-order chi connectivity index (χ1) is 7.79. The number of nitrogens with zero attached hydrogens (tertiary/aromatic N) is 4. The molecule has 16 heavy (non-hydrogen) atoms. The highest BCUT2D eigenvalue weighted by Crippen LogP contribution is 2.05. The average molecular weight is 229 g/mol. The lowest BCUT2D eigenvalue weighted by molar-refractivity contribution is 0.0647. The lowest BCUT2D eigenvalue weighted by Gasteiger charge is -2.10. The molecular formula is C9H19N5O2. The summed E-state index contributed by atoms with van der Waals surface area (Å²) >= 11 is 0. The third-order valence-electron chi connectivity index (χ3n) is 2.26. The SMILES string of the molecule is CNC(C)c1nnnn1CCOCCOC. The number of hydrogen-bond acceptors (Lipinski definition) is 6. The second-order valence-electron chi connectivity index (χ2n) is 3.38. The van der Waals surface area contributed by atoms with Gasteiger partial charge in [0.05, 0.1) is 32.4 Å². The van der Waals surface area contributed by atoms with Crippen LogP contribution in [0.25, 0.3) is 0 Å². The van der Waals surface area contributed by atoms with Crippen LogP contribution in [0.15, 0.2) is 0 Å². The van der Waals surface area contributed by atoms with Gasteiger partial charge in [-0.1, -0.05) is 0 Å². The molecule has 0 saturated carbocycles. The summed E-state index contributed by atoms with van der Waals surface area (Å²) in [7, 11) is 3.52. The smallest absolute Gasteiger partial charge is 0.168 e.